The van der Waals surface area contributed by atoms with Crippen molar-refractivity contribution >= 4 is 15.9 Å². The summed E-state index contributed by atoms with van der Waals surface area (Å²) in [4.78, 5) is 12.2. The first kappa shape index (κ1) is 19.7. The zero-order valence-electron chi connectivity index (χ0n) is 14.6. The maximum atomic E-state index is 12.2. The first-order valence-corrected chi connectivity index (χ1v) is 10.1. The van der Waals surface area contributed by atoms with Crippen LogP contribution in [0.15, 0.2) is 29.2 Å². The van der Waals surface area contributed by atoms with Gasteiger partial charge in [-0.2, -0.15) is 0 Å². The molecule has 8 heteroatoms. The van der Waals surface area contributed by atoms with Crippen LogP contribution in [0.1, 0.15) is 39.0 Å². The van der Waals surface area contributed by atoms with Gasteiger partial charge in [-0.25, -0.2) is 13.1 Å². The fourth-order valence-corrected chi connectivity index (χ4v) is 4.09. The van der Waals surface area contributed by atoms with Gasteiger partial charge in [0.25, 0.3) is 0 Å². The quantitative estimate of drug-likeness (QED) is 0.604. The topological polar surface area (TPSA) is 111 Å². The highest BCUT2D eigenvalue weighted by Gasteiger charge is 2.33. The number of carbonyl (C=O) groups is 1. The van der Waals surface area contributed by atoms with Crippen LogP contribution in [0.4, 0.5) is 0 Å². The lowest BCUT2D eigenvalue weighted by molar-refractivity contribution is -0.122. The van der Waals surface area contributed by atoms with Crippen molar-refractivity contribution in [2.75, 3.05) is 19.7 Å². The van der Waals surface area contributed by atoms with Crippen molar-refractivity contribution in [3.63, 3.8) is 0 Å². The van der Waals surface area contributed by atoms with E-state index in [9.17, 15) is 13.2 Å². The van der Waals surface area contributed by atoms with Crippen molar-refractivity contribution in [1.29, 1.82) is 0 Å². The molecule has 0 aromatic heterocycles. The monoisotopic (exact) mass is 369 g/mol. The van der Waals surface area contributed by atoms with E-state index in [1.165, 1.54) is 12.1 Å². The van der Waals surface area contributed by atoms with Gasteiger partial charge in [0.1, 0.15) is 5.75 Å². The Hall–Kier alpha value is -1.64. The van der Waals surface area contributed by atoms with Crippen molar-refractivity contribution in [2.45, 2.75) is 49.5 Å². The Balaban J connectivity index is 1.84. The summed E-state index contributed by atoms with van der Waals surface area (Å²) < 4.78 is 32.2. The number of hydrogen-bond donors (Lipinski definition) is 3. The summed E-state index contributed by atoms with van der Waals surface area (Å²) in [5.41, 5.74) is 5.47. The summed E-state index contributed by atoms with van der Waals surface area (Å²) in [6.07, 6.45) is 3.96. The van der Waals surface area contributed by atoms with Crippen LogP contribution in [0.25, 0.3) is 0 Å². The van der Waals surface area contributed by atoms with Gasteiger partial charge in [-0.15, -0.1) is 0 Å². The smallest absolute Gasteiger partial charge is 0.240 e. The zero-order valence-corrected chi connectivity index (χ0v) is 15.4. The molecule has 7 nitrogen and oxygen atoms in total. The Morgan fingerprint density at radius 2 is 1.88 bits per heavy atom. The Labute approximate surface area is 149 Å². The molecule has 140 valence electrons. The molecule has 1 fully saturated rings. The predicted octanol–water partition coefficient (Wildman–Crippen LogP) is 1.14. The van der Waals surface area contributed by atoms with E-state index in [0.717, 1.165) is 25.7 Å². The second-order valence-electron chi connectivity index (χ2n) is 6.29. The van der Waals surface area contributed by atoms with Crippen molar-refractivity contribution in [3.8, 4) is 5.75 Å². The van der Waals surface area contributed by atoms with E-state index in [1.54, 1.807) is 12.1 Å². The molecule has 1 aliphatic carbocycles. The minimum absolute atomic E-state index is 0.0437. The summed E-state index contributed by atoms with van der Waals surface area (Å²) in [6, 6.07) is 6.18. The van der Waals surface area contributed by atoms with Gasteiger partial charge < -0.3 is 15.8 Å². The van der Waals surface area contributed by atoms with Gasteiger partial charge in [-0.3, -0.25) is 4.79 Å². The fourth-order valence-electron chi connectivity index (χ4n) is 3.05. The third-order valence-electron chi connectivity index (χ3n) is 4.45. The van der Waals surface area contributed by atoms with Crippen LogP contribution in [0.5, 0.6) is 5.75 Å². The van der Waals surface area contributed by atoms with E-state index in [0.29, 0.717) is 18.9 Å². The minimum Gasteiger partial charge on any atom is -0.494 e. The predicted molar refractivity (Wildman–Crippen MR) is 95.8 cm³/mol. The fraction of sp³-hybridized carbons (Fsp3) is 0.588. The summed E-state index contributed by atoms with van der Waals surface area (Å²) in [6.45, 7) is 2.83. The molecular formula is C17H27N3O4S. The standard InChI is InChI=1S/C17H27N3O4S/c1-2-24-14-5-7-15(8-6-14)25(22,23)19-12-9-16(21)20-17(13-18)10-3-4-11-17/h5-8,19H,2-4,9-13,18H2,1H3,(H,20,21). The Bertz CT molecular complexity index is 668. The second kappa shape index (κ2) is 8.64. The third kappa shape index (κ3) is 5.42. The number of nitrogens with two attached hydrogens (primary N) is 1. The van der Waals surface area contributed by atoms with Crippen molar-refractivity contribution in [1.82, 2.24) is 10.0 Å². The van der Waals surface area contributed by atoms with Crippen LogP contribution in [-0.4, -0.2) is 39.6 Å². The van der Waals surface area contributed by atoms with Gasteiger partial charge >= 0.3 is 0 Å². The van der Waals surface area contributed by atoms with E-state index >= 15 is 0 Å². The summed E-state index contributed by atoms with van der Waals surface area (Å²) in [7, 11) is -3.65. The van der Waals surface area contributed by atoms with Gasteiger partial charge in [0.2, 0.25) is 15.9 Å². The summed E-state index contributed by atoms with van der Waals surface area (Å²) in [5.74, 6) is 0.436. The average molecular weight is 369 g/mol. The third-order valence-corrected chi connectivity index (χ3v) is 5.92. The summed E-state index contributed by atoms with van der Waals surface area (Å²) >= 11 is 0. The van der Waals surface area contributed by atoms with Crippen LogP contribution in [0, 0.1) is 0 Å². The SMILES string of the molecule is CCOc1ccc(S(=O)(=O)NCCC(=O)NC2(CN)CCCC2)cc1. The van der Waals surface area contributed by atoms with E-state index in [2.05, 4.69) is 10.0 Å². The number of sulfonamides is 1. The van der Waals surface area contributed by atoms with Crippen molar-refractivity contribution < 1.29 is 17.9 Å². The molecule has 0 spiro atoms. The van der Waals surface area contributed by atoms with Gasteiger partial charge in [0.05, 0.1) is 17.0 Å². The highest BCUT2D eigenvalue weighted by atomic mass is 32.2. The Morgan fingerprint density at radius 1 is 1.24 bits per heavy atom. The lowest BCUT2D eigenvalue weighted by Crippen LogP contribution is -2.52. The van der Waals surface area contributed by atoms with Gasteiger partial charge in [0, 0.05) is 19.5 Å². The second-order valence-corrected chi connectivity index (χ2v) is 8.06. The van der Waals surface area contributed by atoms with E-state index in [-0.39, 0.29) is 29.3 Å². The molecule has 1 aliphatic rings. The lowest BCUT2D eigenvalue weighted by atomic mass is 9.97. The molecule has 0 bridgehead atoms. The number of ether oxygens (including phenoxy) is 1. The molecule has 1 aromatic rings. The zero-order chi connectivity index (χ0) is 18.3. The minimum atomic E-state index is -3.65. The van der Waals surface area contributed by atoms with Crippen LogP contribution in [0.2, 0.25) is 0 Å². The molecule has 2 rings (SSSR count). The summed E-state index contributed by atoms with van der Waals surface area (Å²) in [5, 5.41) is 2.97. The molecule has 1 saturated carbocycles. The van der Waals surface area contributed by atoms with Crippen LogP contribution in [-0.2, 0) is 14.8 Å². The average Bonchev–Trinajstić information content (AvgIpc) is 3.04. The van der Waals surface area contributed by atoms with Gasteiger partial charge in [0.15, 0.2) is 0 Å². The molecule has 4 N–H and O–H groups in total. The van der Waals surface area contributed by atoms with Crippen LogP contribution in [0.3, 0.4) is 0 Å². The van der Waals surface area contributed by atoms with Crippen LogP contribution >= 0.6 is 0 Å². The molecule has 0 heterocycles. The maximum absolute atomic E-state index is 12.2. The first-order valence-electron chi connectivity index (χ1n) is 8.64. The highest BCUT2D eigenvalue weighted by Crippen LogP contribution is 2.28. The number of benzene rings is 1. The largest absolute Gasteiger partial charge is 0.494 e. The van der Waals surface area contributed by atoms with Gasteiger partial charge in [-0.05, 0) is 44.0 Å². The molecule has 0 unspecified atom stereocenters. The molecule has 25 heavy (non-hydrogen) atoms. The van der Waals surface area contributed by atoms with E-state index < -0.39 is 10.0 Å². The normalized spacial score (nSPS) is 16.6. The maximum Gasteiger partial charge on any atom is 0.240 e. The number of nitrogens with one attached hydrogen (secondary N) is 2. The number of hydrogen-bond acceptors (Lipinski definition) is 5. The molecule has 1 amide bonds. The molecular weight excluding hydrogens is 342 g/mol. The number of rotatable bonds is 9. The van der Waals surface area contributed by atoms with E-state index in [1.807, 2.05) is 6.92 Å². The molecule has 0 saturated heterocycles. The van der Waals surface area contributed by atoms with Crippen molar-refractivity contribution in [2.24, 2.45) is 5.73 Å². The van der Waals surface area contributed by atoms with Crippen molar-refractivity contribution in [3.05, 3.63) is 24.3 Å². The Kier molecular flexibility index (Phi) is 6.80. The highest BCUT2D eigenvalue weighted by molar-refractivity contribution is 7.89. The molecule has 0 atom stereocenters. The first-order chi connectivity index (χ1) is 11.9. The van der Waals surface area contributed by atoms with E-state index in [4.69, 9.17) is 10.5 Å². The van der Waals surface area contributed by atoms with Gasteiger partial charge in [-0.1, -0.05) is 12.8 Å². The molecule has 1 aromatic carbocycles. The molecule has 0 aliphatic heterocycles. The van der Waals surface area contributed by atoms with Crippen LogP contribution < -0.4 is 20.5 Å². The molecule has 0 radical (unpaired) electrons. The Morgan fingerprint density at radius 3 is 2.44 bits per heavy atom. The number of carbonyl (C=O) groups excluding carboxylic acids is 1. The number of amides is 1. The lowest BCUT2D eigenvalue weighted by Gasteiger charge is -2.28.